The van der Waals surface area contributed by atoms with Crippen molar-refractivity contribution in [3.8, 4) is 11.1 Å². The van der Waals surface area contributed by atoms with Gasteiger partial charge in [0.25, 0.3) is 0 Å². The zero-order chi connectivity index (χ0) is 22.4. The first-order valence-electron chi connectivity index (χ1n) is 10.6. The van der Waals surface area contributed by atoms with Crippen molar-refractivity contribution < 1.29 is 9.13 Å². The third-order valence-electron chi connectivity index (χ3n) is 6.09. The maximum atomic E-state index is 14.9. The molecule has 3 aromatic heterocycles. The minimum Gasteiger partial charge on any atom is -0.373 e. The molecule has 0 aliphatic carbocycles. The van der Waals surface area contributed by atoms with E-state index in [-0.39, 0.29) is 12.0 Å². The second-order valence-electron chi connectivity index (χ2n) is 8.31. The molecule has 32 heavy (non-hydrogen) atoms. The summed E-state index contributed by atoms with van der Waals surface area (Å²) in [7, 11) is 1.89. The van der Waals surface area contributed by atoms with Crippen molar-refractivity contribution in [3.63, 3.8) is 0 Å². The summed E-state index contributed by atoms with van der Waals surface area (Å²) in [5.74, 6) is -0.243. The zero-order valence-electron chi connectivity index (χ0n) is 18.1. The fourth-order valence-electron chi connectivity index (χ4n) is 4.25. The van der Waals surface area contributed by atoms with Crippen LogP contribution in [-0.4, -0.2) is 31.3 Å². The molecule has 0 amide bonds. The predicted octanol–water partition coefficient (Wildman–Crippen LogP) is 5.47. The second-order valence-corrected chi connectivity index (χ2v) is 8.75. The zero-order valence-corrected chi connectivity index (χ0v) is 18.9. The number of rotatable bonds is 3. The Morgan fingerprint density at radius 2 is 1.91 bits per heavy atom. The minimum atomic E-state index is -0.392. The van der Waals surface area contributed by atoms with E-state index >= 15 is 0 Å². The lowest BCUT2D eigenvalue weighted by molar-refractivity contribution is 0.00465. The van der Waals surface area contributed by atoms with Crippen LogP contribution in [0.15, 0.2) is 36.7 Å². The van der Waals surface area contributed by atoms with Crippen LogP contribution in [-0.2, 0) is 11.8 Å². The first-order chi connectivity index (χ1) is 15.4. The first kappa shape index (κ1) is 21.0. The number of hydrogen-bond donors (Lipinski definition) is 0. The van der Waals surface area contributed by atoms with Gasteiger partial charge in [-0.1, -0.05) is 11.6 Å². The van der Waals surface area contributed by atoms with Gasteiger partial charge in [-0.2, -0.15) is 5.10 Å². The van der Waals surface area contributed by atoms with Gasteiger partial charge in [0.1, 0.15) is 11.3 Å². The molecule has 6 nitrogen and oxygen atoms in total. The van der Waals surface area contributed by atoms with Gasteiger partial charge < -0.3 is 4.74 Å². The molecular weight excluding hydrogens is 429 g/mol. The number of hydrogen-bond acceptors (Lipinski definition) is 5. The maximum Gasteiger partial charge on any atom is 0.179 e. The van der Waals surface area contributed by atoms with E-state index in [1.165, 1.54) is 6.07 Å². The van der Waals surface area contributed by atoms with Gasteiger partial charge in [-0.05, 0) is 51.0 Å². The van der Waals surface area contributed by atoms with Gasteiger partial charge in [-0.25, -0.2) is 19.3 Å². The normalized spacial score (nSPS) is 18.9. The molecular formula is C24H23ClFN5O. The van der Waals surface area contributed by atoms with Gasteiger partial charge >= 0.3 is 0 Å². The van der Waals surface area contributed by atoms with Crippen LogP contribution in [0, 0.1) is 19.7 Å². The third-order valence-corrected chi connectivity index (χ3v) is 6.33. The van der Waals surface area contributed by atoms with Crippen molar-refractivity contribution in [1.29, 1.82) is 0 Å². The molecule has 0 bridgehead atoms. The van der Waals surface area contributed by atoms with Crippen molar-refractivity contribution in [1.82, 2.24) is 24.7 Å². The van der Waals surface area contributed by atoms with Crippen LogP contribution in [0.2, 0.25) is 5.02 Å². The first-order valence-corrected chi connectivity index (χ1v) is 11.0. The number of halogens is 2. The summed E-state index contributed by atoms with van der Waals surface area (Å²) in [4.78, 5) is 14.3. The van der Waals surface area contributed by atoms with Gasteiger partial charge in [-0.15, -0.1) is 0 Å². The Bertz CT molecular complexity index is 1320. The summed E-state index contributed by atoms with van der Waals surface area (Å²) in [5, 5.41) is 4.62. The number of fused-ring (bicyclic) bond motifs is 1. The largest absolute Gasteiger partial charge is 0.373 e. The van der Waals surface area contributed by atoms with Crippen LogP contribution in [0.3, 0.4) is 0 Å². The highest BCUT2D eigenvalue weighted by molar-refractivity contribution is 6.30. The van der Waals surface area contributed by atoms with Crippen LogP contribution >= 0.6 is 11.6 Å². The Kier molecular flexibility index (Phi) is 5.39. The van der Waals surface area contributed by atoms with Gasteiger partial charge in [0.2, 0.25) is 0 Å². The summed E-state index contributed by atoms with van der Waals surface area (Å²) >= 11 is 6.00. The average Bonchev–Trinajstić information content (AvgIpc) is 3.21. The molecule has 0 unspecified atom stereocenters. The number of aromatic nitrogens is 5. The van der Waals surface area contributed by atoms with E-state index in [0.717, 1.165) is 35.5 Å². The Morgan fingerprint density at radius 3 is 2.66 bits per heavy atom. The molecule has 0 radical (unpaired) electrons. The quantitative estimate of drug-likeness (QED) is 0.413. The molecule has 1 aliphatic heterocycles. The predicted molar refractivity (Wildman–Crippen MR) is 121 cm³/mol. The van der Waals surface area contributed by atoms with E-state index in [1.54, 1.807) is 16.8 Å². The van der Waals surface area contributed by atoms with Gasteiger partial charge in [0.15, 0.2) is 5.65 Å². The monoisotopic (exact) mass is 451 g/mol. The van der Waals surface area contributed by atoms with Crippen LogP contribution in [0.25, 0.3) is 22.3 Å². The molecule has 5 rings (SSSR count). The van der Waals surface area contributed by atoms with Crippen molar-refractivity contribution in [2.24, 2.45) is 7.05 Å². The molecule has 2 atom stereocenters. The summed E-state index contributed by atoms with van der Waals surface area (Å²) in [5.41, 5.74) is 5.77. The Labute approximate surface area is 190 Å². The summed E-state index contributed by atoms with van der Waals surface area (Å²) < 4.78 is 22.7. The highest BCUT2D eigenvalue weighted by Gasteiger charge is 2.28. The van der Waals surface area contributed by atoms with E-state index in [0.29, 0.717) is 33.9 Å². The number of pyridine rings is 1. The highest BCUT2D eigenvalue weighted by Crippen LogP contribution is 2.39. The smallest absolute Gasteiger partial charge is 0.179 e. The molecule has 4 heterocycles. The van der Waals surface area contributed by atoms with Crippen LogP contribution in [0.1, 0.15) is 47.5 Å². The lowest BCUT2D eigenvalue weighted by atomic mass is 9.88. The molecule has 1 saturated heterocycles. The summed E-state index contributed by atoms with van der Waals surface area (Å²) in [6, 6.07) is 6.65. The van der Waals surface area contributed by atoms with E-state index < -0.39 is 5.82 Å². The summed E-state index contributed by atoms with van der Waals surface area (Å²) in [6.45, 7) is 4.42. The van der Waals surface area contributed by atoms with Gasteiger partial charge in [-0.3, -0.25) is 4.68 Å². The van der Waals surface area contributed by atoms with Crippen molar-refractivity contribution in [2.45, 2.75) is 38.7 Å². The van der Waals surface area contributed by atoms with Crippen molar-refractivity contribution in [3.05, 3.63) is 70.1 Å². The molecule has 1 fully saturated rings. The topological polar surface area (TPSA) is 65.7 Å². The molecule has 164 valence electrons. The average molecular weight is 452 g/mol. The Morgan fingerprint density at radius 1 is 1.09 bits per heavy atom. The molecule has 1 aromatic carbocycles. The number of nitrogens with zero attached hydrogens (tertiary/aromatic N) is 5. The second kappa shape index (κ2) is 8.22. The molecule has 8 heteroatoms. The number of benzene rings is 1. The van der Waals surface area contributed by atoms with Crippen LogP contribution in [0.4, 0.5) is 4.39 Å². The lowest BCUT2D eigenvalue weighted by Crippen LogP contribution is -2.19. The molecule has 4 aromatic rings. The van der Waals surface area contributed by atoms with Gasteiger partial charge in [0, 0.05) is 53.2 Å². The van der Waals surface area contributed by atoms with Crippen LogP contribution < -0.4 is 0 Å². The number of ether oxygens (including phenoxy) is 1. The van der Waals surface area contributed by atoms with E-state index in [4.69, 9.17) is 26.3 Å². The van der Waals surface area contributed by atoms with Gasteiger partial charge in [0.05, 0.1) is 23.7 Å². The van der Waals surface area contributed by atoms with Crippen molar-refractivity contribution in [2.75, 3.05) is 6.61 Å². The number of aryl methyl sites for hydroxylation is 3. The van der Waals surface area contributed by atoms with E-state index in [9.17, 15) is 4.39 Å². The lowest BCUT2D eigenvalue weighted by Gasteiger charge is -2.29. The Balaban J connectivity index is 1.62. The van der Waals surface area contributed by atoms with Crippen molar-refractivity contribution >= 4 is 22.8 Å². The van der Waals surface area contributed by atoms with E-state index in [1.807, 2.05) is 39.4 Å². The maximum absolute atomic E-state index is 14.9. The summed E-state index contributed by atoms with van der Waals surface area (Å²) in [6.07, 6.45) is 5.36. The molecule has 1 aliphatic rings. The van der Waals surface area contributed by atoms with E-state index in [2.05, 4.69) is 10.1 Å². The third kappa shape index (κ3) is 3.87. The molecule has 0 saturated carbocycles. The fourth-order valence-corrected chi connectivity index (χ4v) is 4.41. The Hall–Kier alpha value is -2.90. The SMILES string of the molecule is Cc1nc2nc([C@@H]3CCO[C@@H](c4cnn(C)c4)C3)cc(-c3ccc(Cl)cc3F)c2nc1C. The molecule has 0 N–H and O–H groups in total. The van der Waals surface area contributed by atoms with Crippen LogP contribution in [0.5, 0.6) is 0 Å². The highest BCUT2D eigenvalue weighted by atomic mass is 35.5. The standard InChI is InChI=1S/C24H23ClFN5O/c1-13-14(2)29-24-23(28-13)19(18-5-4-17(25)9-20(18)26)10-21(30-24)15-6-7-32-22(8-15)16-11-27-31(3)12-16/h4-5,9-12,15,22H,6-8H2,1-3H3/t15-,22-/m1/s1. The minimum absolute atomic E-state index is 0.0542. The molecule has 0 spiro atoms. The fraction of sp³-hybridized carbons (Fsp3) is 0.333.